The van der Waals surface area contributed by atoms with Crippen LogP contribution in [0.1, 0.15) is 51.2 Å². The summed E-state index contributed by atoms with van der Waals surface area (Å²) >= 11 is 6.02. The average Bonchev–Trinajstić information content (AvgIpc) is 2.32. The molecule has 1 unspecified atom stereocenters. The fourth-order valence-electron chi connectivity index (χ4n) is 2.26. The summed E-state index contributed by atoms with van der Waals surface area (Å²) in [4.78, 5) is 0.320. The second-order valence-electron chi connectivity index (χ2n) is 6.21. The third-order valence-electron chi connectivity index (χ3n) is 3.52. The summed E-state index contributed by atoms with van der Waals surface area (Å²) in [6.07, 6.45) is 2.99. The van der Waals surface area contributed by atoms with E-state index >= 15 is 0 Å². The molecule has 0 spiro atoms. The lowest BCUT2D eigenvalue weighted by Crippen LogP contribution is -2.33. The van der Waals surface area contributed by atoms with Crippen molar-refractivity contribution in [1.82, 2.24) is 4.72 Å². The lowest BCUT2D eigenvalue weighted by Gasteiger charge is -2.16. The molecule has 0 aliphatic rings. The molecule has 0 heterocycles. The topological polar surface area (TPSA) is 46.2 Å². The maximum Gasteiger partial charge on any atom is 0.241 e. The summed E-state index contributed by atoms with van der Waals surface area (Å²) in [6.45, 7) is 9.84. The predicted molar refractivity (Wildman–Crippen MR) is 89.4 cm³/mol. The van der Waals surface area contributed by atoms with Crippen molar-refractivity contribution in [2.45, 2.75) is 64.8 Å². The maximum absolute atomic E-state index is 12.5. The van der Waals surface area contributed by atoms with Gasteiger partial charge in [-0.2, -0.15) is 0 Å². The minimum absolute atomic E-state index is 0.0656. The van der Waals surface area contributed by atoms with Gasteiger partial charge in [-0.25, -0.2) is 13.1 Å². The van der Waals surface area contributed by atoms with Crippen LogP contribution in [0.4, 0.5) is 0 Å². The molecule has 0 saturated carbocycles. The fraction of sp³-hybridized carbons (Fsp3) is 0.625. The van der Waals surface area contributed by atoms with Crippen LogP contribution in [0, 0.1) is 19.8 Å². The molecule has 0 aromatic heterocycles. The van der Waals surface area contributed by atoms with Gasteiger partial charge in [0, 0.05) is 11.1 Å². The molecule has 1 rings (SSSR count). The molecule has 21 heavy (non-hydrogen) atoms. The van der Waals surface area contributed by atoms with E-state index in [1.165, 1.54) is 0 Å². The van der Waals surface area contributed by atoms with Crippen LogP contribution in [0.3, 0.4) is 0 Å². The summed E-state index contributed by atoms with van der Waals surface area (Å²) in [5.41, 5.74) is 1.45. The highest BCUT2D eigenvalue weighted by molar-refractivity contribution is 7.89. The second-order valence-corrected chi connectivity index (χ2v) is 8.30. The first-order valence-electron chi connectivity index (χ1n) is 7.42. The highest BCUT2D eigenvalue weighted by Crippen LogP contribution is 2.24. The Bertz CT molecular complexity index is 582. The van der Waals surface area contributed by atoms with Gasteiger partial charge >= 0.3 is 0 Å². The molecule has 0 radical (unpaired) electrons. The van der Waals surface area contributed by atoms with E-state index in [0.717, 1.165) is 24.8 Å². The highest BCUT2D eigenvalue weighted by atomic mass is 35.5. The van der Waals surface area contributed by atoms with E-state index in [9.17, 15) is 8.42 Å². The van der Waals surface area contributed by atoms with Crippen LogP contribution >= 0.6 is 11.6 Å². The number of nitrogens with one attached hydrogen (secondary N) is 1. The SMILES string of the molecule is Cc1cc(S(=O)(=O)NC(C)CCCC(C)C)c(C)cc1Cl. The third-order valence-corrected chi connectivity index (χ3v) is 5.66. The van der Waals surface area contributed by atoms with E-state index in [0.29, 0.717) is 21.4 Å². The van der Waals surface area contributed by atoms with Crippen molar-refractivity contribution in [2.24, 2.45) is 5.92 Å². The van der Waals surface area contributed by atoms with Gasteiger partial charge < -0.3 is 0 Å². The fourth-order valence-corrected chi connectivity index (χ4v) is 4.07. The quantitative estimate of drug-likeness (QED) is 0.802. The largest absolute Gasteiger partial charge is 0.241 e. The summed E-state index contributed by atoms with van der Waals surface area (Å²) < 4.78 is 27.7. The average molecular weight is 332 g/mol. The minimum Gasteiger partial charge on any atom is -0.208 e. The van der Waals surface area contributed by atoms with Crippen LogP contribution in [0.5, 0.6) is 0 Å². The van der Waals surface area contributed by atoms with Crippen LogP contribution in [-0.2, 0) is 10.0 Å². The molecule has 0 aliphatic carbocycles. The van der Waals surface area contributed by atoms with Crippen molar-refractivity contribution < 1.29 is 8.42 Å². The molecule has 0 saturated heterocycles. The zero-order chi connectivity index (χ0) is 16.2. The Labute approximate surface area is 134 Å². The van der Waals surface area contributed by atoms with Crippen molar-refractivity contribution in [3.05, 3.63) is 28.3 Å². The van der Waals surface area contributed by atoms with E-state index in [1.807, 2.05) is 13.8 Å². The first-order chi connectivity index (χ1) is 9.63. The molecular formula is C16H26ClNO2S. The first kappa shape index (κ1) is 18.5. The molecule has 0 amide bonds. The molecule has 1 aromatic carbocycles. The van der Waals surface area contributed by atoms with Crippen LogP contribution in [0.25, 0.3) is 0 Å². The molecule has 3 nitrogen and oxygen atoms in total. The standard InChI is InChI=1S/C16H26ClNO2S/c1-11(2)7-6-8-14(5)18-21(19,20)16-10-12(3)15(17)9-13(16)4/h9-11,14,18H,6-8H2,1-5H3. The normalized spacial score (nSPS) is 13.7. The molecule has 5 heteroatoms. The number of sulfonamides is 1. The Morgan fingerprint density at radius 3 is 2.29 bits per heavy atom. The van der Waals surface area contributed by atoms with Crippen molar-refractivity contribution in [3.8, 4) is 0 Å². The van der Waals surface area contributed by atoms with E-state index in [-0.39, 0.29) is 6.04 Å². The molecule has 0 bridgehead atoms. The minimum atomic E-state index is -3.49. The van der Waals surface area contributed by atoms with Crippen LogP contribution in [-0.4, -0.2) is 14.5 Å². The predicted octanol–water partition coefficient (Wildman–Crippen LogP) is 4.45. The molecule has 120 valence electrons. The smallest absolute Gasteiger partial charge is 0.208 e. The lowest BCUT2D eigenvalue weighted by atomic mass is 10.0. The van der Waals surface area contributed by atoms with Gasteiger partial charge in [0.2, 0.25) is 10.0 Å². The Balaban J connectivity index is 2.80. The van der Waals surface area contributed by atoms with Gasteiger partial charge in [0.25, 0.3) is 0 Å². The van der Waals surface area contributed by atoms with Crippen molar-refractivity contribution in [3.63, 3.8) is 0 Å². The van der Waals surface area contributed by atoms with Gasteiger partial charge in [-0.1, -0.05) is 38.3 Å². The van der Waals surface area contributed by atoms with E-state index in [1.54, 1.807) is 19.1 Å². The Morgan fingerprint density at radius 2 is 1.71 bits per heavy atom. The molecule has 0 fully saturated rings. The number of aryl methyl sites for hydroxylation is 2. The molecule has 1 atom stereocenters. The number of halogens is 1. The summed E-state index contributed by atoms with van der Waals surface area (Å²) in [5, 5.41) is 0.594. The molecule has 1 N–H and O–H groups in total. The Morgan fingerprint density at radius 1 is 1.10 bits per heavy atom. The van der Waals surface area contributed by atoms with Crippen LogP contribution in [0.15, 0.2) is 17.0 Å². The summed E-state index contributed by atoms with van der Waals surface area (Å²) in [6, 6.07) is 3.28. The van der Waals surface area contributed by atoms with Gasteiger partial charge in [0.05, 0.1) is 4.90 Å². The van der Waals surface area contributed by atoms with Gasteiger partial charge in [-0.15, -0.1) is 0 Å². The van der Waals surface area contributed by atoms with E-state index in [4.69, 9.17) is 11.6 Å². The lowest BCUT2D eigenvalue weighted by molar-refractivity contribution is 0.488. The van der Waals surface area contributed by atoms with Gasteiger partial charge in [-0.05, 0) is 56.4 Å². The monoisotopic (exact) mass is 331 g/mol. The van der Waals surface area contributed by atoms with Gasteiger partial charge in [-0.3, -0.25) is 0 Å². The van der Waals surface area contributed by atoms with Crippen LogP contribution < -0.4 is 4.72 Å². The van der Waals surface area contributed by atoms with Crippen molar-refractivity contribution in [1.29, 1.82) is 0 Å². The van der Waals surface area contributed by atoms with Crippen molar-refractivity contribution >= 4 is 21.6 Å². The maximum atomic E-state index is 12.5. The second kappa shape index (κ2) is 7.61. The molecular weight excluding hydrogens is 306 g/mol. The molecule has 1 aromatic rings. The van der Waals surface area contributed by atoms with Crippen molar-refractivity contribution in [2.75, 3.05) is 0 Å². The number of benzene rings is 1. The number of hydrogen-bond acceptors (Lipinski definition) is 2. The van der Waals surface area contributed by atoms with E-state index < -0.39 is 10.0 Å². The zero-order valence-electron chi connectivity index (χ0n) is 13.5. The number of hydrogen-bond donors (Lipinski definition) is 1. The summed E-state index contributed by atoms with van der Waals surface area (Å²) in [7, 11) is -3.49. The highest BCUT2D eigenvalue weighted by Gasteiger charge is 2.20. The van der Waals surface area contributed by atoms with Gasteiger partial charge in [0.15, 0.2) is 0 Å². The Hall–Kier alpha value is -0.580. The van der Waals surface area contributed by atoms with E-state index in [2.05, 4.69) is 18.6 Å². The summed E-state index contributed by atoms with van der Waals surface area (Å²) in [5.74, 6) is 0.648. The molecule has 0 aliphatic heterocycles. The zero-order valence-corrected chi connectivity index (χ0v) is 15.1. The van der Waals surface area contributed by atoms with Gasteiger partial charge in [0.1, 0.15) is 0 Å². The first-order valence-corrected chi connectivity index (χ1v) is 9.28. The number of rotatable bonds is 7. The van der Waals surface area contributed by atoms with Crippen LogP contribution in [0.2, 0.25) is 5.02 Å². The Kier molecular flexibility index (Phi) is 6.70. The third kappa shape index (κ3) is 5.61.